The number of benzene rings is 2. The van der Waals surface area contributed by atoms with Gasteiger partial charge in [0.25, 0.3) is 0 Å². The van der Waals surface area contributed by atoms with Crippen LogP contribution < -0.4 is 15.5 Å². The summed E-state index contributed by atoms with van der Waals surface area (Å²) in [6.45, 7) is 5.55. The van der Waals surface area contributed by atoms with Gasteiger partial charge >= 0.3 is 0 Å². The molecule has 0 bridgehead atoms. The van der Waals surface area contributed by atoms with Crippen LogP contribution in [0.15, 0.2) is 58.0 Å². The number of amides is 1. The Balaban J connectivity index is 1.34. The summed E-state index contributed by atoms with van der Waals surface area (Å²) in [6, 6.07) is 12.6. The van der Waals surface area contributed by atoms with Crippen molar-refractivity contribution < 1.29 is 17.9 Å². The monoisotopic (exact) mass is 599 g/mol. The van der Waals surface area contributed by atoms with Crippen LogP contribution in [0.25, 0.3) is 0 Å². The fourth-order valence-electron chi connectivity index (χ4n) is 4.69. The number of hydrogen-bond acceptors (Lipinski definition) is 8. The van der Waals surface area contributed by atoms with Crippen LogP contribution in [0.4, 0.5) is 28.8 Å². The fraction of sp³-hybridized carbons (Fsp3) is 0.370. The van der Waals surface area contributed by atoms with Gasteiger partial charge in [0, 0.05) is 37.3 Å². The van der Waals surface area contributed by atoms with Gasteiger partial charge in [-0.3, -0.25) is 4.79 Å². The Morgan fingerprint density at radius 1 is 1.13 bits per heavy atom. The zero-order valence-corrected chi connectivity index (χ0v) is 23.7. The van der Waals surface area contributed by atoms with E-state index in [9.17, 15) is 13.2 Å². The fourth-order valence-corrected chi connectivity index (χ4v) is 6.18. The standard InChI is InChI=1S/C27H30BrN5O4S/c1-17(2)38(35,36)24-6-4-3-5-22(24)31-26-21(28)15-29-27(32-26)30-20-7-8-23-19(13-20)14-25(34)33(23)16-18-9-11-37-12-10-18/h3-8,13,15,17-18H,9-12,14,16H2,1-2H3,(H2,29,30,31,32). The highest BCUT2D eigenvalue weighted by Crippen LogP contribution is 2.34. The SMILES string of the molecule is CC(C)S(=O)(=O)c1ccccc1Nc1nc(Nc2ccc3c(c2)CC(=O)N3CC2CCOCC2)ncc1Br. The summed E-state index contributed by atoms with van der Waals surface area (Å²) in [5, 5.41) is 5.80. The molecule has 0 saturated carbocycles. The van der Waals surface area contributed by atoms with E-state index in [0.29, 0.717) is 34.3 Å². The van der Waals surface area contributed by atoms with Gasteiger partial charge in [-0.25, -0.2) is 13.4 Å². The van der Waals surface area contributed by atoms with Gasteiger partial charge in [0.2, 0.25) is 11.9 Å². The van der Waals surface area contributed by atoms with Gasteiger partial charge in [-0.1, -0.05) is 12.1 Å². The lowest BCUT2D eigenvalue weighted by atomic mass is 9.99. The summed E-state index contributed by atoms with van der Waals surface area (Å²) in [5.41, 5.74) is 3.12. The van der Waals surface area contributed by atoms with Crippen LogP contribution in [0.1, 0.15) is 32.3 Å². The van der Waals surface area contributed by atoms with Gasteiger partial charge in [-0.15, -0.1) is 0 Å². The second-order valence-electron chi connectivity index (χ2n) is 9.81. The number of halogens is 1. The van der Waals surface area contributed by atoms with Crippen molar-refractivity contribution in [3.8, 4) is 0 Å². The van der Waals surface area contributed by atoms with Crippen molar-refractivity contribution >= 4 is 60.5 Å². The van der Waals surface area contributed by atoms with E-state index in [4.69, 9.17) is 4.74 Å². The molecule has 38 heavy (non-hydrogen) atoms. The maximum absolute atomic E-state index is 12.9. The van der Waals surface area contributed by atoms with E-state index in [1.165, 1.54) is 0 Å². The lowest BCUT2D eigenvalue weighted by Crippen LogP contribution is -2.34. The lowest BCUT2D eigenvalue weighted by molar-refractivity contribution is -0.117. The third-order valence-electron chi connectivity index (χ3n) is 6.86. The van der Waals surface area contributed by atoms with Crippen LogP contribution in [-0.2, 0) is 25.8 Å². The molecule has 0 atom stereocenters. The Morgan fingerprint density at radius 2 is 1.89 bits per heavy atom. The summed E-state index contributed by atoms with van der Waals surface area (Å²) >= 11 is 3.46. The third kappa shape index (κ3) is 5.55. The smallest absolute Gasteiger partial charge is 0.231 e. The molecule has 3 heterocycles. The van der Waals surface area contributed by atoms with E-state index in [1.807, 2.05) is 23.1 Å². The Morgan fingerprint density at radius 3 is 2.66 bits per heavy atom. The highest BCUT2D eigenvalue weighted by atomic mass is 79.9. The second-order valence-corrected chi connectivity index (χ2v) is 13.1. The van der Waals surface area contributed by atoms with E-state index in [2.05, 4.69) is 36.5 Å². The number of nitrogens with one attached hydrogen (secondary N) is 2. The first-order valence-corrected chi connectivity index (χ1v) is 15.0. The molecule has 0 unspecified atom stereocenters. The first kappa shape index (κ1) is 26.6. The van der Waals surface area contributed by atoms with Gasteiger partial charge in [0.1, 0.15) is 5.82 Å². The number of anilines is 5. The molecule has 1 aromatic heterocycles. The van der Waals surface area contributed by atoms with Crippen LogP contribution in [0.2, 0.25) is 0 Å². The molecule has 0 radical (unpaired) electrons. The highest BCUT2D eigenvalue weighted by molar-refractivity contribution is 9.10. The number of para-hydroxylation sites is 1. The number of sulfone groups is 1. The maximum atomic E-state index is 12.9. The van der Waals surface area contributed by atoms with Crippen LogP contribution >= 0.6 is 15.9 Å². The van der Waals surface area contributed by atoms with Crippen LogP contribution in [-0.4, -0.2) is 49.3 Å². The Bertz CT molecular complexity index is 1460. The molecule has 1 fully saturated rings. The molecule has 2 aliphatic heterocycles. The van der Waals surface area contributed by atoms with E-state index < -0.39 is 15.1 Å². The zero-order valence-electron chi connectivity index (χ0n) is 21.3. The van der Waals surface area contributed by atoms with Crippen molar-refractivity contribution in [2.45, 2.75) is 43.3 Å². The number of carbonyl (C=O) groups excluding carboxylic acids is 1. The molecule has 0 aliphatic carbocycles. The molecule has 3 aromatic rings. The summed E-state index contributed by atoms with van der Waals surface area (Å²) in [4.78, 5) is 23.8. The first-order valence-electron chi connectivity index (χ1n) is 12.6. The number of fused-ring (bicyclic) bond motifs is 1. The number of nitrogens with zero attached hydrogens (tertiary/aromatic N) is 3. The number of rotatable bonds is 8. The minimum atomic E-state index is -3.50. The minimum absolute atomic E-state index is 0.116. The molecular weight excluding hydrogens is 570 g/mol. The molecule has 2 aliphatic rings. The van der Waals surface area contributed by atoms with E-state index >= 15 is 0 Å². The van der Waals surface area contributed by atoms with Gasteiger partial charge < -0.3 is 20.3 Å². The molecule has 5 rings (SSSR count). The summed E-state index contributed by atoms with van der Waals surface area (Å²) in [5.74, 6) is 1.33. The number of aromatic nitrogens is 2. The summed E-state index contributed by atoms with van der Waals surface area (Å²) in [6.07, 6.45) is 3.92. The van der Waals surface area contributed by atoms with Crippen LogP contribution in [0.5, 0.6) is 0 Å². The van der Waals surface area contributed by atoms with Gasteiger partial charge in [-0.2, -0.15) is 4.98 Å². The average molecular weight is 601 g/mol. The van der Waals surface area contributed by atoms with Crippen molar-refractivity contribution in [1.29, 1.82) is 0 Å². The molecule has 2 N–H and O–H groups in total. The van der Waals surface area contributed by atoms with Crippen molar-refractivity contribution in [3.05, 3.63) is 58.7 Å². The molecule has 0 spiro atoms. The summed E-state index contributed by atoms with van der Waals surface area (Å²) < 4.78 is 31.8. The van der Waals surface area contributed by atoms with Crippen molar-refractivity contribution in [2.24, 2.45) is 5.92 Å². The first-order chi connectivity index (χ1) is 18.2. The van der Waals surface area contributed by atoms with E-state index in [0.717, 1.165) is 49.5 Å². The largest absolute Gasteiger partial charge is 0.381 e. The minimum Gasteiger partial charge on any atom is -0.381 e. The molecular formula is C27H30BrN5O4S. The molecule has 9 nitrogen and oxygen atoms in total. The average Bonchev–Trinajstić information content (AvgIpc) is 3.20. The number of hydrogen-bond donors (Lipinski definition) is 2. The lowest BCUT2D eigenvalue weighted by Gasteiger charge is -2.27. The van der Waals surface area contributed by atoms with Crippen LogP contribution in [0.3, 0.4) is 0 Å². The topological polar surface area (TPSA) is 114 Å². The molecule has 1 amide bonds. The maximum Gasteiger partial charge on any atom is 0.231 e. The predicted octanol–water partition coefficient (Wildman–Crippen LogP) is 5.22. The van der Waals surface area contributed by atoms with Gasteiger partial charge in [0.15, 0.2) is 9.84 Å². The van der Waals surface area contributed by atoms with Crippen molar-refractivity contribution in [2.75, 3.05) is 35.3 Å². The second kappa shape index (κ2) is 11.0. The van der Waals surface area contributed by atoms with Gasteiger partial charge in [-0.05, 0) is 84.4 Å². The van der Waals surface area contributed by atoms with Crippen molar-refractivity contribution in [1.82, 2.24) is 9.97 Å². The quantitative estimate of drug-likeness (QED) is 0.362. The Labute approximate surface area is 231 Å². The van der Waals surface area contributed by atoms with Crippen molar-refractivity contribution in [3.63, 3.8) is 0 Å². The Kier molecular flexibility index (Phi) is 7.69. The predicted molar refractivity (Wildman–Crippen MR) is 151 cm³/mol. The van der Waals surface area contributed by atoms with Gasteiger partial charge in [0.05, 0.1) is 26.7 Å². The summed E-state index contributed by atoms with van der Waals surface area (Å²) in [7, 11) is -3.50. The van der Waals surface area contributed by atoms with E-state index in [1.54, 1.807) is 44.3 Å². The highest BCUT2D eigenvalue weighted by Gasteiger charge is 2.30. The molecule has 2 aromatic carbocycles. The molecule has 1 saturated heterocycles. The zero-order chi connectivity index (χ0) is 26.9. The normalized spacial score (nSPS) is 16.1. The molecule has 200 valence electrons. The molecule has 11 heteroatoms. The van der Waals surface area contributed by atoms with E-state index in [-0.39, 0.29) is 10.8 Å². The van der Waals surface area contributed by atoms with Crippen LogP contribution in [0, 0.1) is 5.92 Å². The Hall–Kier alpha value is -3.02. The number of ether oxygens (including phenoxy) is 1. The third-order valence-corrected chi connectivity index (χ3v) is 9.65. The number of carbonyl (C=O) groups is 1.